The zero-order valence-corrected chi connectivity index (χ0v) is 21.8. The van der Waals surface area contributed by atoms with E-state index < -0.39 is 0 Å². The number of rotatable bonds is 12. The number of unbranched alkanes of at least 4 members (excludes halogenated alkanes) is 2. The Balaban J connectivity index is 2.02. The lowest BCUT2D eigenvalue weighted by Crippen LogP contribution is -2.28. The molecule has 3 aromatic rings. The Labute approximate surface area is 206 Å². The molecule has 2 aromatic carbocycles. The van der Waals surface area contributed by atoms with Gasteiger partial charge in [-0.1, -0.05) is 102 Å². The van der Waals surface area contributed by atoms with Crippen molar-refractivity contribution in [1.29, 1.82) is 0 Å². The summed E-state index contributed by atoms with van der Waals surface area (Å²) in [6, 6.07) is 19.0. The average molecular weight is 462 g/mol. The van der Waals surface area contributed by atoms with Crippen molar-refractivity contribution < 1.29 is 5.11 Å². The standard InChI is InChI=1S/C30H43N3O/c1-6-8-19-32(21-24-15-17-25(23-34)18-16-24)22-27-28(30(3,4)5)31-29(33(27)20-9-7-2)26-13-11-10-12-14-26/h10-18,34H,6-9,19-23H2,1-5H3. The molecule has 0 bridgehead atoms. The molecule has 4 heteroatoms. The van der Waals surface area contributed by atoms with E-state index in [0.717, 1.165) is 50.4 Å². The van der Waals surface area contributed by atoms with E-state index in [1.807, 2.05) is 12.1 Å². The molecule has 1 N–H and O–H groups in total. The number of hydrogen-bond donors (Lipinski definition) is 1. The summed E-state index contributed by atoms with van der Waals surface area (Å²) in [7, 11) is 0. The third kappa shape index (κ3) is 6.80. The van der Waals surface area contributed by atoms with Crippen molar-refractivity contribution >= 4 is 0 Å². The Morgan fingerprint density at radius 2 is 1.50 bits per heavy atom. The summed E-state index contributed by atoms with van der Waals surface area (Å²) in [4.78, 5) is 7.85. The van der Waals surface area contributed by atoms with Crippen LogP contribution in [0.15, 0.2) is 54.6 Å². The molecule has 0 aliphatic carbocycles. The predicted molar refractivity (Wildman–Crippen MR) is 143 cm³/mol. The van der Waals surface area contributed by atoms with Gasteiger partial charge in [0.2, 0.25) is 0 Å². The highest BCUT2D eigenvalue weighted by Crippen LogP contribution is 2.32. The van der Waals surface area contributed by atoms with Crippen LogP contribution in [-0.4, -0.2) is 26.1 Å². The molecule has 0 unspecified atom stereocenters. The lowest BCUT2D eigenvalue weighted by atomic mass is 9.90. The largest absolute Gasteiger partial charge is 0.392 e. The van der Waals surface area contributed by atoms with Gasteiger partial charge in [0, 0.05) is 30.6 Å². The molecule has 0 amide bonds. The maximum absolute atomic E-state index is 9.41. The second kappa shape index (κ2) is 12.3. The fourth-order valence-electron chi connectivity index (χ4n) is 4.43. The first-order valence-corrected chi connectivity index (χ1v) is 12.9. The van der Waals surface area contributed by atoms with E-state index in [4.69, 9.17) is 4.98 Å². The second-order valence-corrected chi connectivity index (χ2v) is 10.4. The molecule has 0 aliphatic rings. The van der Waals surface area contributed by atoms with E-state index in [-0.39, 0.29) is 12.0 Å². The van der Waals surface area contributed by atoms with E-state index in [2.05, 4.69) is 86.6 Å². The molecule has 0 saturated heterocycles. The maximum atomic E-state index is 9.41. The minimum Gasteiger partial charge on any atom is -0.392 e. The van der Waals surface area contributed by atoms with Crippen LogP contribution in [-0.2, 0) is 31.7 Å². The van der Waals surface area contributed by atoms with Crippen molar-refractivity contribution in [2.75, 3.05) is 6.54 Å². The van der Waals surface area contributed by atoms with Crippen molar-refractivity contribution in [3.05, 3.63) is 77.1 Å². The fourth-order valence-corrected chi connectivity index (χ4v) is 4.43. The quantitative estimate of drug-likeness (QED) is 0.317. The highest BCUT2D eigenvalue weighted by atomic mass is 16.3. The van der Waals surface area contributed by atoms with Gasteiger partial charge in [0.1, 0.15) is 5.82 Å². The molecule has 0 spiro atoms. The molecule has 0 atom stereocenters. The van der Waals surface area contributed by atoms with Crippen LogP contribution < -0.4 is 0 Å². The Morgan fingerprint density at radius 1 is 0.853 bits per heavy atom. The highest BCUT2D eigenvalue weighted by Gasteiger charge is 2.27. The zero-order chi connectivity index (χ0) is 24.6. The molecule has 1 heterocycles. The number of nitrogens with zero attached hydrogens (tertiary/aromatic N) is 3. The Hall–Kier alpha value is -2.43. The fraction of sp³-hybridized carbons (Fsp3) is 0.500. The minimum absolute atomic E-state index is 0.0322. The number of benzene rings is 2. The van der Waals surface area contributed by atoms with Crippen molar-refractivity contribution in [1.82, 2.24) is 14.5 Å². The summed E-state index contributed by atoms with van der Waals surface area (Å²) in [5.41, 5.74) is 5.96. The summed E-state index contributed by atoms with van der Waals surface area (Å²) in [6.45, 7) is 15.3. The Kier molecular flexibility index (Phi) is 9.49. The van der Waals surface area contributed by atoms with Crippen LogP contribution in [0.2, 0.25) is 0 Å². The lowest BCUT2D eigenvalue weighted by Gasteiger charge is -2.26. The predicted octanol–water partition coefficient (Wildman–Crippen LogP) is 6.94. The zero-order valence-electron chi connectivity index (χ0n) is 21.8. The van der Waals surface area contributed by atoms with Gasteiger partial charge in [-0.15, -0.1) is 0 Å². The monoisotopic (exact) mass is 461 g/mol. The summed E-state index contributed by atoms with van der Waals surface area (Å²) in [6.07, 6.45) is 4.66. The van der Waals surface area contributed by atoms with Gasteiger partial charge in [-0.05, 0) is 30.5 Å². The molecule has 184 valence electrons. The van der Waals surface area contributed by atoms with Gasteiger partial charge < -0.3 is 9.67 Å². The molecular formula is C30H43N3O. The first-order valence-electron chi connectivity index (χ1n) is 12.9. The molecule has 34 heavy (non-hydrogen) atoms. The number of aromatic nitrogens is 2. The van der Waals surface area contributed by atoms with Crippen molar-refractivity contribution in [2.24, 2.45) is 0 Å². The van der Waals surface area contributed by atoms with Crippen LogP contribution in [0.5, 0.6) is 0 Å². The molecule has 0 saturated carbocycles. The first kappa shape index (κ1) is 26.2. The molecule has 0 radical (unpaired) electrons. The van der Waals surface area contributed by atoms with Gasteiger partial charge in [-0.25, -0.2) is 4.98 Å². The van der Waals surface area contributed by atoms with E-state index in [1.165, 1.54) is 35.4 Å². The number of aliphatic hydroxyl groups excluding tert-OH is 1. The molecule has 4 nitrogen and oxygen atoms in total. The third-order valence-electron chi connectivity index (χ3n) is 6.36. The van der Waals surface area contributed by atoms with E-state index in [9.17, 15) is 5.11 Å². The van der Waals surface area contributed by atoms with E-state index in [1.54, 1.807) is 0 Å². The van der Waals surface area contributed by atoms with E-state index >= 15 is 0 Å². The van der Waals surface area contributed by atoms with Crippen LogP contribution in [0.4, 0.5) is 0 Å². The van der Waals surface area contributed by atoms with Gasteiger partial charge >= 0.3 is 0 Å². The number of hydrogen-bond acceptors (Lipinski definition) is 3. The smallest absolute Gasteiger partial charge is 0.140 e. The van der Waals surface area contributed by atoms with Crippen LogP contribution >= 0.6 is 0 Å². The second-order valence-electron chi connectivity index (χ2n) is 10.4. The first-order chi connectivity index (χ1) is 16.4. The normalized spacial score (nSPS) is 12.0. The highest BCUT2D eigenvalue weighted by molar-refractivity contribution is 5.57. The van der Waals surface area contributed by atoms with E-state index in [0.29, 0.717) is 0 Å². The molecule has 3 rings (SSSR count). The van der Waals surface area contributed by atoms with Crippen LogP contribution in [0.25, 0.3) is 11.4 Å². The lowest BCUT2D eigenvalue weighted by molar-refractivity contribution is 0.243. The molecule has 1 aromatic heterocycles. The Morgan fingerprint density at radius 3 is 2.09 bits per heavy atom. The Bertz CT molecular complexity index is 1000. The van der Waals surface area contributed by atoms with Crippen molar-refractivity contribution in [3.8, 4) is 11.4 Å². The topological polar surface area (TPSA) is 41.3 Å². The maximum Gasteiger partial charge on any atom is 0.140 e. The van der Waals surface area contributed by atoms with Crippen molar-refractivity contribution in [2.45, 2.75) is 92.0 Å². The van der Waals surface area contributed by atoms with Gasteiger partial charge in [-0.2, -0.15) is 0 Å². The van der Waals surface area contributed by atoms with Gasteiger partial charge in [0.05, 0.1) is 18.0 Å². The molecular weight excluding hydrogens is 418 g/mol. The molecule has 0 aliphatic heterocycles. The summed E-state index contributed by atoms with van der Waals surface area (Å²) in [5, 5.41) is 9.41. The number of aliphatic hydroxyl groups is 1. The van der Waals surface area contributed by atoms with Gasteiger partial charge in [0.25, 0.3) is 0 Å². The summed E-state index contributed by atoms with van der Waals surface area (Å²) in [5.74, 6) is 1.09. The van der Waals surface area contributed by atoms with Crippen LogP contribution in [0.1, 0.15) is 82.8 Å². The minimum atomic E-state index is -0.0322. The average Bonchev–Trinajstić information content (AvgIpc) is 3.20. The van der Waals surface area contributed by atoms with Gasteiger partial charge in [-0.3, -0.25) is 4.90 Å². The van der Waals surface area contributed by atoms with Crippen molar-refractivity contribution in [3.63, 3.8) is 0 Å². The van der Waals surface area contributed by atoms with Gasteiger partial charge in [0.15, 0.2) is 0 Å². The summed E-state index contributed by atoms with van der Waals surface area (Å²) >= 11 is 0. The third-order valence-corrected chi connectivity index (χ3v) is 6.36. The summed E-state index contributed by atoms with van der Waals surface area (Å²) < 4.78 is 2.49. The SMILES string of the molecule is CCCCN(Cc1ccc(CO)cc1)Cc1c(C(C)(C)C)nc(-c2ccccc2)n1CCCC. The number of imidazole rings is 1. The molecule has 0 fully saturated rings. The van der Waals surface area contributed by atoms with Crippen LogP contribution in [0.3, 0.4) is 0 Å². The van der Waals surface area contributed by atoms with Crippen LogP contribution in [0, 0.1) is 0 Å².